The molecule has 1 aliphatic rings. The van der Waals surface area contributed by atoms with Crippen LogP contribution in [0.2, 0.25) is 0 Å². The van der Waals surface area contributed by atoms with Gasteiger partial charge in [-0.05, 0) is 30.5 Å². The molecule has 1 aromatic carbocycles. The molecule has 1 aromatic heterocycles. The Kier molecular flexibility index (Phi) is 5.52. The predicted molar refractivity (Wildman–Crippen MR) is 104 cm³/mol. The Bertz CT molecular complexity index is 878. The number of halogens is 1. The molecule has 1 aliphatic heterocycles. The molecule has 6 nitrogen and oxygen atoms in total. The lowest BCUT2D eigenvalue weighted by atomic mass is 10.1. The van der Waals surface area contributed by atoms with Crippen LogP contribution in [0.5, 0.6) is 0 Å². The van der Waals surface area contributed by atoms with E-state index in [4.69, 9.17) is 0 Å². The molecule has 0 saturated heterocycles. The Morgan fingerprint density at radius 1 is 1.27 bits per heavy atom. The number of imide groups is 1. The normalized spacial score (nSPS) is 13.5. The van der Waals surface area contributed by atoms with Crippen molar-refractivity contribution in [1.29, 1.82) is 0 Å². The van der Waals surface area contributed by atoms with Gasteiger partial charge in [0, 0.05) is 22.8 Å². The van der Waals surface area contributed by atoms with Crippen LogP contribution in [0.3, 0.4) is 0 Å². The maximum atomic E-state index is 12.4. The molecule has 8 heteroatoms. The highest BCUT2D eigenvalue weighted by Crippen LogP contribution is 2.26. The average Bonchev–Trinajstić information content (AvgIpc) is 3.14. The monoisotopic (exact) mass is 435 g/mol. The van der Waals surface area contributed by atoms with Crippen LogP contribution in [0.25, 0.3) is 0 Å². The van der Waals surface area contributed by atoms with Gasteiger partial charge in [0.15, 0.2) is 5.13 Å². The maximum absolute atomic E-state index is 12.4. The summed E-state index contributed by atoms with van der Waals surface area (Å²) in [5, 5.41) is 5.26. The lowest BCUT2D eigenvalue weighted by molar-refractivity contribution is -0.116. The van der Waals surface area contributed by atoms with E-state index in [2.05, 4.69) is 26.2 Å². The van der Waals surface area contributed by atoms with Gasteiger partial charge in [-0.1, -0.05) is 29.8 Å². The van der Waals surface area contributed by atoms with E-state index in [1.165, 1.54) is 16.2 Å². The smallest absolute Gasteiger partial charge is 0.261 e. The molecule has 0 saturated carbocycles. The quantitative estimate of drug-likeness (QED) is 0.694. The number of carbonyl (C=O) groups is 3. The van der Waals surface area contributed by atoms with Crippen LogP contribution >= 0.6 is 27.3 Å². The van der Waals surface area contributed by atoms with Crippen molar-refractivity contribution < 1.29 is 14.4 Å². The number of aromatic nitrogens is 1. The Morgan fingerprint density at radius 3 is 2.69 bits per heavy atom. The molecule has 0 aliphatic carbocycles. The molecular weight excluding hydrogens is 418 g/mol. The largest absolute Gasteiger partial charge is 0.302 e. The van der Waals surface area contributed by atoms with Crippen LogP contribution in [0.15, 0.2) is 28.1 Å². The number of rotatable bonds is 6. The second-order valence-corrected chi connectivity index (χ2v) is 8.11. The Morgan fingerprint density at radius 2 is 2.00 bits per heavy atom. The van der Waals surface area contributed by atoms with Crippen molar-refractivity contribution in [2.24, 2.45) is 0 Å². The lowest BCUT2D eigenvalue weighted by Crippen LogP contribution is -2.31. The molecular formula is C18H18BrN3O3S. The fourth-order valence-electron chi connectivity index (χ4n) is 2.65. The molecule has 2 aromatic rings. The van der Waals surface area contributed by atoms with Gasteiger partial charge >= 0.3 is 0 Å². The Labute approximate surface area is 163 Å². The number of carbonyl (C=O) groups excluding carboxylic acids is 3. The molecule has 0 bridgehead atoms. The van der Waals surface area contributed by atoms with Crippen LogP contribution in [-0.4, -0.2) is 34.2 Å². The third-order valence-corrected chi connectivity index (χ3v) is 5.35. The molecule has 3 rings (SSSR count). The highest BCUT2D eigenvalue weighted by molar-refractivity contribution is 9.10. The van der Waals surface area contributed by atoms with Crippen LogP contribution in [0.1, 0.15) is 59.0 Å². The van der Waals surface area contributed by atoms with E-state index in [-0.39, 0.29) is 30.7 Å². The Balaban J connectivity index is 1.52. The zero-order valence-electron chi connectivity index (χ0n) is 14.4. The van der Waals surface area contributed by atoms with E-state index in [1.807, 2.05) is 19.2 Å². The second kappa shape index (κ2) is 7.67. The van der Waals surface area contributed by atoms with Gasteiger partial charge < -0.3 is 5.32 Å². The molecule has 1 N–H and O–H groups in total. The highest BCUT2D eigenvalue weighted by Gasteiger charge is 2.35. The van der Waals surface area contributed by atoms with E-state index in [0.717, 1.165) is 10.2 Å². The van der Waals surface area contributed by atoms with Gasteiger partial charge in [0.1, 0.15) is 0 Å². The standard InChI is InChI=1S/C18H18BrN3O3S/c1-10(2)14-9-26-18(20-14)21-15(23)4-3-7-22-16(24)12-6-5-11(19)8-13(12)17(22)25/h5-6,8-10H,3-4,7H2,1-2H3,(H,20,21,23). The summed E-state index contributed by atoms with van der Waals surface area (Å²) in [5.41, 5.74) is 1.76. The molecule has 0 radical (unpaired) electrons. The third kappa shape index (κ3) is 3.86. The number of hydrogen-bond acceptors (Lipinski definition) is 5. The minimum absolute atomic E-state index is 0.172. The summed E-state index contributed by atoms with van der Waals surface area (Å²) in [6.45, 7) is 4.30. The fourth-order valence-corrected chi connectivity index (χ4v) is 3.90. The molecule has 0 unspecified atom stereocenters. The van der Waals surface area contributed by atoms with Gasteiger partial charge in [-0.2, -0.15) is 0 Å². The summed E-state index contributed by atoms with van der Waals surface area (Å²) in [6.07, 6.45) is 0.620. The van der Waals surface area contributed by atoms with Gasteiger partial charge in [-0.25, -0.2) is 4.98 Å². The van der Waals surface area contributed by atoms with Gasteiger partial charge in [-0.3, -0.25) is 19.3 Å². The van der Waals surface area contributed by atoms with Crippen LogP contribution < -0.4 is 5.32 Å². The first-order valence-corrected chi connectivity index (χ1v) is 9.95. The van der Waals surface area contributed by atoms with Crippen molar-refractivity contribution in [3.8, 4) is 0 Å². The van der Waals surface area contributed by atoms with E-state index in [1.54, 1.807) is 18.2 Å². The van der Waals surface area contributed by atoms with Crippen molar-refractivity contribution in [3.05, 3.63) is 44.9 Å². The summed E-state index contributed by atoms with van der Waals surface area (Å²) in [7, 11) is 0. The number of fused-ring (bicyclic) bond motifs is 1. The first-order chi connectivity index (χ1) is 12.4. The van der Waals surface area contributed by atoms with Crippen molar-refractivity contribution in [1.82, 2.24) is 9.88 Å². The molecule has 26 heavy (non-hydrogen) atoms. The Hall–Kier alpha value is -2.06. The van der Waals surface area contributed by atoms with Crippen molar-refractivity contribution in [2.45, 2.75) is 32.6 Å². The van der Waals surface area contributed by atoms with Crippen LogP contribution in [0, 0.1) is 0 Å². The van der Waals surface area contributed by atoms with E-state index >= 15 is 0 Å². The second-order valence-electron chi connectivity index (χ2n) is 6.34. The number of nitrogens with one attached hydrogen (secondary N) is 1. The number of benzene rings is 1. The molecule has 3 amide bonds. The minimum Gasteiger partial charge on any atom is -0.302 e. The van der Waals surface area contributed by atoms with Crippen LogP contribution in [0.4, 0.5) is 5.13 Å². The first kappa shape index (κ1) is 18.7. The zero-order chi connectivity index (χ0) is 18.8. The number of thiazole rings is 1. The number of amides is 3. The maximum Gasteiger partial charge on any atom is 0.261 e. The predicted octanol–water partition coefficient (Wildman–Crippen LogP) is 4.04. The number of anilines is 1. The topological polar surface area (TPSA) is 79.4 Å². The van der Waals surface area contributed by atoms with E-state index < -0.39 is 0 Å². The highest BCUT2D eigenvalue weighted by atomic mass is 79.9. The third-order valence-electron chi connectivity index (χ3n) is 4.08. The molecule has 2 heterocycles. The van der Waals surface area contributed by atoms with Crippen molar-refractivity contribution in [3.63, 3.8) is 0 Å². The molecule has 0 atom stereocenters. The summed E-state index contributed by atoms with van der Waals surface area (Å²) in [6, 6.07) is 5.03. The fraction of sp³-hybridized carbons (Fsp3) is 0.333. The van der Waals surface area contributed by atoms with Crippen LogP contribution in [-0.2, 0) is 4.79 Å². The number of nitrogens with zero attached hydrogens (tertiary/aromatic N) is 2. The van der Waals surface area contributed by atoms with E-state index in [9.17, 15) is 14.4 Å². The average molecular weight is 436 g/mol. The summed E-state index contributed by atoms with van der Waals surface area (Å²) < 4.78 is 0.753. The van der Waals surface area contributed by atoms with Crippen molar-refractivity contribution in [2.75, 3.05) is 11.9 Å². The zero-order valence-corrected chi connectivity index (χ0v) is 16.8. The first-order valence-electron chi connectivity index (χ1n) is 8.28. The van der Waals surface area contributed by atoms with E-state index in [0.29, 0.717) is 28.6 Å². The van der Waals surface area contributed by atoms with Gasteiger partial charge in [-0.15, -0.1) is 11.3 Å². The molecule has 136 valence electrons. The molecule has 0 fully saturated rings. The molecule has 0 spiro atoms. The SMILES string of the molecule is CC(C)c1csc(NC(=O)CCCN2C(=O)c3ccc(Br)cc3C2=O)n1. The minimum atomic E-state index is -0.312. The van der Waals surface area contributed by atoms with Crippen molar-refractivity contribution >= 4 is 50.1 Å². The van der Waals surface area contributed by atoms with Gasteiger partial charge in [0.2, 0.25) is 5.91 Å². The summed E-state index contributed by atoms with van der Waals surface area (Å²) >= 11 is 4.70. The van der Waals surface area contributed by atoms with Gasteiger partial charge in [0.25, 0.3) is 11.8 Å². The summed E-state index contributed by atoms with van der Waals surface area (Å²) in [5.74, 6) is -0.479. The summed E-state index contributed by atoms with van der Waals surface area (Å²) in [4.78, 5) is 42.3. The van der Waals surface area contributed by atoms with Gasteiger partial charge in [0.05, 0.1) is 16.8 Å². The number of hydrogen-bond donors (Lipinski definition) is 1. The lowest BCUT2D eigenvalue weighted by Gasteiger charge is -2.13.